The molecular weight excluding hydrogens is 238 g/mol. The van der Waals surface area contributed by atoms with Crippen LogP contribution in [0.25, 0.3) is 0 Å². The third-order valence-corrected chi connectivity index (χ3v) is 3.94. The topological polar surface area (TPSA) is 63.2 Å². The van der Waals surface area contributed by atoms with Crippen LogP contribution >= 0.6 is 0 Å². The molecule has 0 saturated heterocycles. The van der Waals surface area contributed by atoms with E-state index in [1.54, 1.807) is 12.1 Å². The first-order valence-corrected chi connectivity index (χ1v) is 7.06. The number of unbranched alkanes of at least 4 members (excludes halogenated alkanes) is 1. The average molecular weight is 255 g/mol. The zero-order chi connectivity index (χ0) is 12.9. The molecule has 0 unspecified atom stereocenters. The lowest BCUT2D eigenvalue weighted by molar-refractivity contribution is 0.0979. The maximum atomic E-state index is 11.7. The second kappa shape index (κ2) is 5.93. The molecule has 0 radical (unpaired) electrons. The van der Waals surface area contributed by atoms with Gasteiger partial charge in [-0.05, 0) is 25.6 Å². The molecule has 0 aliphatic heterocycles. The molecule has 0 aliphatic carbocycles. The fourth-order valence-corrected chi connectivity index (χ4v) is 2.15. The molecule has 0 fully saturated rings. The Morgan fingerprint density at radius 2 is 1.82 bits per heavy atom. The third kappa shape index (κ3) is 3.64. The molecule has 0 saturated carbocycles. The van der Waals surface area contributed by atoms with E-state index < -0.39 is 10.0 Å². The summed E-state index contributed by atoms with van der Waals surface area (Å²) < 4.78 is 25.1. The van der Waals surface area contributed by atoms with Crippen molar-refractivity contribution in [3.63, 3.8) is 0 Å². The zero-order valence-corrected chi connectivity index (χ0v) is 10.9. The number of Topliss-reactive ketones (excluding diaryl/α,β-unsaturated/α-hetero) is 1. The van der Waals surface area contributed by atoms with Crippen molar-refractivity contribution in [3.05, 3.63) is 29.8 Å². The Labute approximate surface area is 102 Å². The molecule has 0 bridgehead atoms. The van der Waals surface area contributed by atoms with E-state index in [4.69, 9.17) is 0 Å². The summed E-state index contributed by atoms with van der Waals surface area (Å²) in [5.41, 5.74) is 0.563. The normalized spacial score (nSPS) is 11.4. The van der Waals surface area contributed by atoms with Crippen LogP contribution in [0.5, 0.6) is 0 Å². The minimum atomic E-state index is -3.42. The van der Waals surface area contributed by atoms with Gasteiger partial charge >= 0.3 is 0 Å². The van der Waals surface area contributed by atoms with E-state index in [9.17, 15) is 13.2 Å². The molecule has 0 heterocycles. The van der Waals surface area contributed by atoms with E-state index in [1.807, 2.05) is 6.92 Å². The standard InChI is InChI=1S/C12H17NO3S/c1-3-4-5-12(14)10-6-8-11(9-7-10)17(15,16)13-2/h6-9,13H,3-5H2,1-2H3. The van der Waals surface area contributed by atoms with Crippen LogP contribution in [0.4, 0.5) is 0 Å². The number of carbonyl (C=O) groups excluding carboxylic acids is 1. The van der Waals surface area contributed by atoms with Crippen LogP contribution in [0.15, 0.2) is 29.2 Å². The van der Waals surface area contributed by atoms with Crippen molar-refractivity contribution >= 4 is 15.8 Å². The number of rotatable bonds is 6. The molecule has 94 valence electrons. The summed E-state index contributed by atoms with van der Waals surface area (Å²) in [6.45, 7) is 2.02. The van der Waals surface area contributed by atoms with Gasteiger partial charge in [-0.1, -0.05) is 25.5 Å². The molecule has 4 nitrogen and oxygen atoms in total. The van der Waals surface area contributed by atoms with Gasteiger partial charge in [-0.2, -0.15) is 0 Å². The summed E-state index contributed by atoms with van der Waals surface area (Å²) in [5.74, 6) is 0.0558. The quantitative estimate of drug-likeness (QED) is 0.790. The molecule has 5 heteroatoms. The van der Waals surface area contributed by atoms with Crippen molar-refractivity contribution in [3.8, 4) is 0 Å². The van der Waals surface area contributed by atoms with Crippen LogP contribution in [0, 0.1) is 0 Å². The molecule has 0 aromatic heterocycles. The molecule has 1 aromatic rings. The van der Waals surface area contributed by atoms with Crippen LogP contribution in [-0.4, -0.2) is 21.2 Å². The van der Waals surface area contributed by atoms with Crippen LogP contribution in [-0.2, 0) is 10.0 Å². The largest absolute Gasteiger partial charge is 0.294 e. The Kier molecular flexibility index (Phi) is 4.84. The van der Waals surface area contributed by atoms with Crippen molar-refractivity contribution < 1.29 is 13.2 Å². The summed E-state index contributed by atoms with van der Waals surface area (Å²) >= 11 is 0. The van der Waals surface area contributed by atoms with Gasteiger partial charge < -0.3 is 0 Å². The molecule has 1 aromatic carbocycles. The van der Waals surface area contributed by atoms with E-state index in [1.165, 1.54) is 19.2 Å². The molecule has 1 N–H and O–H groups in total. The fourth-order valence-electron chi connectivity index (χ4n) is 1.42. The highest BCUT2D eigenvalue weighted by atomic mass is 32.2. The Hall–Kier alpha value is -1.20. The minimum Gasteiger partial charge on any atom is -0.294 e. The predicted octanol–water partition coefficient (Wildman–Crippen LogP) is 1.97. The van der Waals surface area contributed by atoms with Gasteiger partial charge in [0, 0.05) is 12.0 Å². The number of nitrogens with one attached hydrogen (secondary N) is 1. The summed E-state index contributed by atoms with van der Waals surface area (Å²) in [6, 6.07) is 6.01. The SMILES string of the molecule is CCCCC(=O)c1ccc(S(=O)(=O)NC)cc1. The van der Waals surface area contributed by atoms with Crippen molar-refractivity contribution in [2.75, 3.05) is 7.05 Å². The summed E-state index contributed by atoms with van der Waals surface area (Å²) in [7, 11) is -2.06. The molecular formula is C12H17NO3S. The minimum absolute atomic E-state index is 0.0558. The third-order valence-electron chi connectivity index (χ3n) is 2.51. The van der Waals surface area contributed by atoms with Crippen LogP contribution < -0.4 is 4.72 Å². The molecule has 1 rings (SSSR count). The van der Waals surface area contributed by atoms with Crippen molar-refractivity contribution in [1.82, 2.24) is 4.72 Å². The highest BCUT2D eigenvalue weighted by Gasteiger charge is 2.12. The van der Waals surface area contributed by atoms with Gasteiger partial charge in [0.1, 0.15) is 0 Å². The number of ketones is 1. The second-order valence-electron chi connectivity index (χ2n) is 3.76. The van der Waals surface area contributed by atoms with E-state index in [-0.39, 0.29) is 10.7 Å². The summed E-state index contributed by atoms with van der Waals surface area (Å²) in [5, 5.41) is 0. The molecule has 17 heavy (non-hydrogen) atoms. The predicted molar refractivity (Wildman–Crippen MR) is 66.5 cm³/mol. The van der Waals surface area contributed by atoms with Gasteiger partial charge in [-0.15, -0.1) is 0 Å². The van der Waals surface area contributed by atoms with Crippen molar-refractivity contribution in [1.29, 1.82) is 0 Å². The number of benzene rings is 1. The molecule has 0 atom stereocenters. The summed E-state index contributed by atoms with van der Waals surface area (Å²) in [4.78, 5) is 11.8. The van der Waals surface area contributed by atoms with Crippen molar-refractivity contribution in [2.45, 2.75) is 31.1 Å². The van der Waals surface area contributed by atoms with E-state index in [0.717, 1.165) is 12.8 Å². The van der Waals surface area contributed by atoms with E-state index in [0.29, 0.717) is 12.0 Å². The highest BCUT2D eigenvalue weighted by molar-refractivity contribution is 7.89. The fraction of sp³-hybridized carbons (Fsp3) is 0.417. The van der Waals surface area contributed by atoms with Crippen LogP contribution in [0.2, 0.25) is 0 Å². The first kappa shape index (κ1) is 13.9. The van der Waals surface area contributed by atoms with Gasteiger partial charge in [0.2, 0.25) is 10.0 Å². The monoisotopic (exact) mass is 255 g/mol. The Balaban J connectivity index is 2.85. The number of carbonyl (C=O) groups is 1. The number of sulfonamides is 1. The Morgan fingerprint density at radius 3 is 2.29 bits per heavy atom. The second-order valence-corrected chi connectivity index (χ2v) is 5.65. The lowest BCUT2D eigenvalue weighted by Gasteiger charge is -2.04. The lowest BCUT2D eigenvalue weighted by Crippen LogP contribution is -2.18. The zero-order valence-electron chi connectivity index (χ0n) is 10.1. The smallest absolute Gasteiger partial charge is 0.240 e. The van der Waals surface area contributed by atoms with Crippen LogP contribution in [0.1, 0.15) is 36.5 Å². The van der Waals surface area contributed by atoms with Gasteiger partial charge in [0.25, 0.3) is 0 Å². The molecule has 0 aliphatic rings. The number of hydrogen-bond acceptors (Lipinski definition) is 3. The van der Waals surface area contributed by atoms with E-state index in [2.05, 4.69) is 4.72 Å². The highest BCUT2D eigenvalue weighted by Crippen LogP contribution is 2.12. The van der Waals surface area contributed by atoms with Gasteiger partial charge in [-0.25, -0.2) is 13.1 Å². The van der Waals surface area contributed by atoms with Gasteiger partial charge in [-0.3, -0.25) is 4.79 Å². The lowest BCUT2D eigenvalue weighted by atomic mass is 10.1. The Bertz CT molecular complexity index is 477. The number of hydrogen-bond donors (Lipinski definition) is 1. The maximum Gasteiger partial charge on any atom is 0.240 e. The van der Waals surface area contributed by atoms with Crippen LogP contribution in [0.3, 0.4) is 0 Å². The van der Waals surface area contributed by atoms with Crippen molar-refractivity contribution in [2.24, 2.45) is 0 Å². The Morgan fingerprint density at radius 1 is 1.24 bits per heavy atom. The first-order chi connectivity index (χ1) is 8.01. The van der Waals surface area contributed by atoms with Gasteiger partial charge in [0.15, 0.2) is 5.78 Å². The first-order valence-electron chi connectivity index (χ1n) is 5.58. The van der Waals surface area contributed by atoms with Gasteiger partial charge in [0.05, 0.1) is 4.90 Å². The average Bonchev–Trinajstić information content (AvgIpc) is 2.36. The van der Waals surface area contributed by atoms with E-state index >= 15 is 0 Å². The molecule has 0 amide bonds. The summed E-state index contributed by atoms with van der Waals surface area (Å²) in [6.07, 6.45) is 2.34. The molecule has 0 spiro atoms. The maximum absolute atomic E-state index is 11.7.